The highest BCUT2D eigenvalue weighted by molar-refractivity contribution is 7.91. The van der Waals surface area contributed by atoms with Crippen LogP contribution in [0.1, 0.15) is 27.5 Å². The van der Waals surface area contributed by atoms with Gasteiger partial charge < -0.3 is 0 Å². The molecule has 1 aliphatic rings. The SMILES string of the molecule is O=Cc1cnc(CC2CCS(=O)(=O)CC2)s1. The van der Waals surface area contributed by atoms with Gasteiger partial charge in [-0.1, -0.05) is 0 Å². The molecular formula is C10H13NO3S2. The second kappa shape index (κ2) is 4.63. The second-order valence-electron chi connectivity index (χ2n) is 4.07. The Morgan fingerprint density at radius 2 is 2.12 bits per heavy atom. The molecule has 88 valence electrons. The smallest absolute Gasteiger partial charge is 0.161 e. The van der Waals surface area contributed by atoms with Crippen LogP contribution >= 0.6 is 11.3 Å². The summed E-state index contributed by atoms with van der Waals surface area (Å²) in [6, 6.07) is 0. The Kier molecular flexibility index (Phi) is 3.39. The van der Waals surface area contributed by atoms with Crippen molar-refractivity contribution in [2.75, 3.05) is 11.5 Å². The molecule has 1 fully saturated rings. The minimum Gasteiger partial charge on any atom is -0.297 e. The molecule has 0 aromatic carbocycles. The van der Waals surface area contributed by atoms with Crippen LogP contribution in [0.2, 0.25) is 0 Å². The van der Waals surface area contributed by atoms with Gasteiger partial charge in [0.15, 0.2) is 6.29 Å². The molecule has 0 amide bonds. The molecule has 16 heavy (non-hydrogen) atoms. The molecule has 0 atom stereocenters. The monoisotopic (exact) mass is 259 g/mol. The fraction of sp³-hybridized carbons (Fsp3) is 0.600. The van der Waals surface area contributed by atoms with Gasteiger partial charge >= 0.3 is 0 Å². The topological polar surface area (TPSA) is 64.1 Å². The van der Waals surface area contributed by atoms with Crippen LogP contribution in [-0.2, 0) is 16.3 Å². The lowest BCUT2D eigenvalue weighted by atomic mass is 9.99. The number of hydrogen-bond acceptors (Lipinski definition) is 5. The summed E-state index contributed by atoms with van der Waals surface area (Å²) in [5.74, 6) is 0.988. The minimum atomic E-state index is -2.78. The van der Waals surface area contributed by atoms with Gasteiger partial charge in [-0.25, -0.2) is 13.4 Å². The lowest BCUT2D eigenvalue weighted by Gasteiger charge is -2.20. The maximum atomic E-state index is 11.2. The van der Waals surface area contributed by atoms with Gasteiger partial charge in [0.25, 0.3) is 0 Å². The predicted octanol–water partition coefficient (Wildman–Crippen LogP) is 1.32. The van der Waals surface area contributed by atoms with E-state index in [1.165, 1.54) is 11.3 Å². The third-order valence-corrected chi connectivity index (χ3v) is 5.49. The van der Waals surface area contributed by atoms with Gasteiger partial charge in [0.05, 0.1) is 21.4 Å². The Hall–Kier alpha value is -0.750. The lowest BCUT2D eigenvalue weighted by molar-refractivity contribution is 0.112. The molecule has 4 nitrogen and oxygen atoms in total. The molecule has 2 rings (SSSR count). The summed E-state index contributed by atoms with van der Waals surface area (Å²) >= 11 is 1.40. The molecule has 0 saturated carbocycles. The number of carbonyl (C=O) groups excluding carboxylic acids is 1. The van der Waals surface area contributed by atoms with Crippen LogP contribution in [0.3, 0.4) is 0 Å². The number of carbonyl (C=O) groups is 1. The zero-order chi connectivity index (χ0) is 11.6. The van der Waals surface area contributed by atoms with Crippen LogP contribution in [0.5, 0.6) is 0 Å². The van der Waals surface area contributed by atoms with Crippen LogP contribution < -0.4 is 0 Å². The average molecular weight is 259 g/mol. The van der Waals surface area contributed by atoms with Crippen LogP contribution in [0.25, 0.3) is 0 Å². The summed E-state index contributed by atoms with van der Waals surface area (Å²) in [5.41, 5.74) is 0. The van der Waals surface area contributed by atoms with Gasteiger partial charge in [-0.3, -0.25) is 4.79 Å². The number of rotatable bonds is 3. The number of aldehydes is 1. The molecule has 1 saturated heterocycles. The summed E-state index contributed by atoms with van der Waals surface area (Å²) in [4.78, 5) is 15.3. The van der Waals surface area contributed by atoms with Gasteiger partial charge in [-0.2, -0.15) is 0 Å². The largest absolute Gasteiger partial charge is 0.297 e. The minimum absolute atomic E-state index is 0.295. The summed E-state index contributed by atoms with van der Waals surface area (Å²) < 4.78 is 22.5. The molecule has 6 heteroatoms. The summed E-state index contributed by atoms with van der Waals surface area (Å²) in [6.07, 6.45) is 4.61. The van der Waals surface area contributed by atoms with Crippen molar-refractivity contribution in [1.82, 2.24) is 4.98 Å². The summed E-state index contributed by atoms with van der Waals surface area (Å²) in [7, 11) is -2.78. The Labute approximate surface area is 98.6 Å². The normalized spacial score (nSPS) is 20.8. The van der Waals surface area contributed by atoms with E-state index in [-0.39, 0.29) is 0 Å². The van der Waals surface area contributed by atoms with E-state index in [1.807, 2.05) is 0 Å². The zero-order valence-corrected chi connectivity index (χ0v) is 10.4. The molecular weight excluding hydrogens is 246 g/mol. The van der Waals surface area contributed by atoms with Gasteiger partial charge in [0, 0.05) is 12.6 Å². The molecule has 2 heterocycles. The highest BCUT2D eigenvalue weighted by atomic mass is 32.2. The molecule has 1 aliphatic heterocycles. The number of aromatic nitrogens is 1. The number of sulfone groups is 1. The van der Waals surface area contributed by atoms with Crippen molar-refractivity contribution in [3.63, 3.8) is 0 Å². The molecule has 0 bridgehead atoms. The highest BCUT2D eigenvalue weighted by Gasteiger charge is 2.24. The van der Waals surface area contributed by atoms with Gasteiger partial charge in [-0.05, 0) is 18.8 Å². The summed E-state index contributed by atoms with van der Waals surface area (Å²) in [5, 5.41) is 0.936. The van der Waals surface area contributed by atoms with E-state index < -0.39 is 9.84 Å². The maximum Gasteiger partial charge on any atom is 0.161 e. The van der Waals surface area contributed by atoms with Crippen molar-refractivity contribution in [3.05, 3.63) is 16.1 Å². The van der Waals surface area contributed by atoms with E-state index in [0.717, 1.165) is 30.6 Å². The van der Waals surface area contributed by atoms with Crippen molar-refractivity contribution in [3.8, 4) is 0 Å². The first-order valence-corrected chi connectivity index (χ1v) is 7.83. The van der Waals surface area contributed by atoms with Crippen molar-refractivity contribution < 1.29 is 13.2 Å². The van der Waals surface area contributed by atoms with Gasteiger partial charge in [0.2, 0.25) is 0 Å². The Balaban J connectivity index is 1.94. The van der Waals surface area contributed by atoms with Crippen LogP contribution in [-0.4, -0.2) is 31.2 Å². The van der Waals surface area contributed by atoms with E-state index in [2.05, 4.69) is 4.98 Å². The predicted molar refractivity (Wildman–Crippen MR) is 62.6 cm³/mol. The standard InChI is InChI=1S/C10H13NO3S2/c12-7-9-6-11-10(15-9)5-8-1-3-16(13,14)4-2-8/h6-8H,1-5H2. The molecule has 1 aromatic rings. The fourth-order valence-electron chi connectivity index (χ4n) is 1.86. The first kappa shape index (κ1) is 11.7. The van der Waals surface area contributed by atoms with Crippen molar-refractivity contribution in [2.24, 2.45) is 5.92 Å². The van der Waals surface area contributed by atoms with E-state index in [9.17, 15) is 13.2 Å². The number of nitrogens with zero attached hydrogens (tertiary/aromatic N) is 1. The third kappa shape index (κ3) is 2.89. The lowest BCUT2D eigenvalue weighted by Crippen LogP contribution is -2.24. The molecule has 1 aromatic heterocycles. The van der Waals surface area contributed by atoms with Crippen LogP contribution in [0, 0.1) is 5.92 Å². The van der Waals surface area contributed by atoms with Gasteiger partial charge in [-0.15, -0.1) is 11.3 Å². The van der Waals surface area contributed by atoms with E-state index in [4.69, 9.17) is 0 Å². The zero-order valence-electron chi connectivity index (χ0n) is 8.76. The van der Waals surface area contributed by atoms with Crippen molar-refractivity contribution >= 4 is 27.5 Å². The van der Waals surface area contributed by atoms with Crippen molar-refractivity contribution in [1.29, 1.82) is 0 Å². The van der Waals surface area contributed by atoms with E-state index >= 15 is 0 Å². The first-order valence-electron chi connectivity index (χ1n) is 5.19. The highest BCUT2D eigenvalue weighted by Crippen LogP contribution is 2.24. The van der Waals surface area contributed by atoms with Crippen molar-refractivity contribution in [2.45, 2.75) is 19.3 Å². The molecule has 0 spiro atoms. The van der Waals surface area contributed by atoms with Crippen LogP contribution in [0.15, 0.2) is 6.20 Å². The average Bonchev–Trinajstić information content (AvgIpc) is 2.69. The Morgan fingerprint density at radius 3 is 2.69 bits per heavy atom. The molecule has 0 radical (unpaired) electrons. The second-order valence-corrected chi connectivity index (χ2v) is 7.52. The number of hydrogen-bond donors (Lipinski definition) is 0. The Bertz CT molecular complexity index is 464. The third-order valence-electron chi connectivity index (χ3n) is 2.83. The van der Waals surface area contributed by atoms with E-state index in [0.29, 0.717) is 22.3 Å². The van der Waals surface area contributed by atoms with Gasteiger partial charge in [0.1, 0.15) is 9.84 Å². The quantitative estimate of drug-likeness (QED) is 0.768. The number of thiazole rings is 1. The fourth-order valence-corrected chi connectivity index (χ4v) is 4.30. The molecule has 0 N–H and O–H groups in total. The first-order chi connectivity index (χ1) is 7.59. The maximum absolute atomic E-state index is 11.2. The summed E-state index contributed by atoms with van der Waals surface area (Å²) in [6.45, 7) is 0. The Morgan fingerprint density at radius 1 is 1.44 bits per heavy atom. The van der Waals surface area contributed by atoms with Crippen LogP contribution in [0.4, 0.5) is 0 Å². The molecule has 0 unspecified atom stereocenters. The molecule has 0 aliphatic carbocycles. The van der Waals surface area contributed by atoms with E-state index in [1.54, 1.807) is 6.20 Å².